The van der Waals surface area contributed by atoms with Crippen LogP contribution in [0.4, 0.5) is 11.4 Å². The van der Waals surface area contributed by atoms with E-state index in [1.807, 2.05) is 0 Å². The molecule has 19 heavy (non-hydrogen) atoms. The molecule has 0 atom stereocenters. The van der Waals surface area contributed by atoms with Gasteiger partial charge in [-0.15, -0.1) is 5.10 Å². The molecule has 2 aromatic heterocycles. The van der Waals surface area contributed by atoms with Gasteiger partial charge in [-0.25, -0.2) is 9.50 Å². The lowest BCUT2D eigenvalue weighted by molar-refractivity contribution is -0.384. The molecule has 0 bridgehead atoms. The summed E-state index contributed by atoms with van der Waals surface area (Å²) >= 11 is 0. The van der Waals surface area contributed by atoms with Crippen molar-refractivity contribution < 1.29 is 4.92 Å². The number of aromatic nitrogens is 3. The summed E-state index contributed by atoms with van der Waals surface area (Å²) < 4.78 is 1.55. The first-order valence-corrected chi connectivity index (χ1v) is 5.50. The minimum atomic E-state index is -0.447. The number of fused-ring (bicyclic) bond motifs is 1. The topological polar surface area (TPSA) is 99.3 Å². The number of pyridine rings is 1. The maximum atomic E-state index is 10.7. The fourth-order valence-corrected chi connectivity index (χ4v) is 1.78. The molecule has 1 aromatic carbocycles. The van der Waals surface area contributed by atoms with Crippen molar-refractivity contribution in [2.45, 2.75) is 0 Å². The number of nitro groups is 1. The number of nitrogens with two attached hydrogens (primary N) is 1. The quantitative estimate of drug-likeness (QED) is 0.556. The predicted molar refractivity (Wildman–Crippen MR) is 69.5 cm³/mol. The van der Waals surface area contributed by atoms with Gasteiger partial charge in [0.2, 0.25) is 0 Å². The van der Waals surface area contributed by atoms with Gasteiger partial charge >= 0.3 is 0 Å². The van der Waals surface area contributed by atoms with E-state index in [0.717, 1.165) is 0 Å². The molecule has 0 saturated carbocycles. The Labute approximate surface area is 107 Å². The lowest BCUT2D eigenvalue weighted by Gasteiger charge is -1.94. The van der Waals surface area contributed by atoms with Gasteiger partial charge in [0.15, 0.2) is 11.5 Å². The minimum absolute atomic E-state index is 0.0101. The molecule has 7 heteroatoms. The monoisotopic (exact) mass is 255 g/mol. The van der Waals surface area contributed by atoms with E-state index in [1.54, 1.807) is 35.0 Å². The van der Waals surface area contributed by atoms with Gasteiger partial charge in [-0.05, 0) is 12.1 Å². The second kappa shape index (κ2) is 4.05. The summed E-state index contributed by atoms with van der Waals surface area (Å²) in [6.45, 7) is 0. The lowest BCUT2D eigenvalue weighted by atomic mass is 10.2. The van der Waals surface area contributed by atoms with Gasteiger partial charge in [0, 0.05) is 17.7 Å². The molecule has 0 radical (unpaired) electrons. The summed E-state index contributed by atoms with van der Waals surface area (Å²) in [6, 6.07) is 9.67. The summed E-state index contributed by atoms with van der Waals surface area (Å²) in [7, 11) is 0. The normalized spacial score (nSPS) is 10.7. The molecule has 0 unspecified atom stereocenters. The number of nitro benzene ring substituents is 1. The van der Waals surface area contributed by atoms with E-state index < -0.39 is 4.92 Å². The van der Waals surface area contributed by atoms with E-state index in [9.17, 15) is 10.1 Å². The summed E-state index contributed by atoms with van der Waals surface area (Å²) in [6.07, 6.45) is 1.64. The molecule has 2 heterocycles. The predicted octanol–water partition coefficient (Wildman–Crippen LogP) is 1.89. The zero-order valence-electron chi connectivity index (χ0n) is 9.72. The molecule has 0 fully saturated rings. The molecule has 0 aliphatic heterocycles. The zero-order chi connectivity index (χ0) is 13.4. The Bertz CT molecular complexity index is 781. The largest absolute Gasteiger partial charge is 0.397 e. The molecule has 0 aliphatic carbocycles. The molecule has 0 aliphatic rings. The number of hydrogen-bond acceptors (Lipinski definition) is 5. The van der Waals surface area contributed by atoms with E-state index in [1.165, 1.54) is 12.1 Å². The number of nitrogens with zero attached hydrogens (tertiary/aromatic N) is 4. The smallest absolute Gasteiger partial charge is 0.270 e. The van der Waals surface area contributed by atoms with Gasteiger partial charge in [-0.2, -0.15) is 0 Å². The van der Waals surface area contributed by atoms with Crippen LogP contribution < -0.4 is 5.73 Å². The molecule has 0 amide bonds. The Hall–Kier alpha value is -2.96. The highest BCUT2D eigenvalue weighted by Crippen LogP contribution is 2.21. The van der Waals surface area contributed by atoms with Gasteiger partial charge in [0.05, 0.1) is 16.8 Å². The van der Waals surface area contributed by atoms with Crippen LogP contribution in [0.5, 0.6) is 0 Å². The van der Waals surface area contributed by atoms with Gasteiger partial charge in [-0.3, -0.25) is 10.1 Å². The van der Waals surface area contributed by atoms with E-state index in [2.05, 4.69) is 10.1 Å². The van der Waals surface area contributed by atoms with Gasteiger partial charge in [0.1, 0.15) is 0 Å². The van der Waals surface area contributed by atoms with Crippen molar-refractivity contribution in [3.05, 3.63) is 52.7 Å². The highest BCUT2D eigenvalue weighted by atomic mass is 16.6. The van der Waals surface area contributed by atoms with E-state index in [4.69, 9.17) is 5.73 Å². The van der Waals surface area contributed by atoms with E-state index in [0.29, 0.717) is 22.7 Å². The van der Waals surface area contributed by atoms with Crippen molar-refractivity contribution in [2.24, 2.45) is 0 Å². The third-order valence-corrected chi connectivity index (χ3v) is 2.67. The maximum absolute atomic E-state index is 10.7. The van der Waals surface area contributed by atoms with Crippen LogP contribution in [0.2, 0.25) is 0 Å². The Balaban J connectivity index is 2.13. The molecule has 0 spiro atoms. The summed E-state index contributed by atoms with van der Waals surface area (Å²) in [5, 5.41) is 15.0. The lowest BCUT2D eigenvalue weighted by Crippen LogP contribution is -1.91. The Morgan fingerprint density at radius 2 is 2.11 bits per heavy atom. The Morgan fingerprint density at radius 1 is 1.26 bits per heavy atom. The van der Waals surface area contributed by atoms with E-state index >= 15 is 0 Å². The molecule has 7 nitrogen and oxygen atoms in total. The standard InChI is InChI=1S/C12H9N5O2/c13-9-4-5-11-14-12(15-16(11)7-9)8-2-1-3-10(6-8)17(18)19/h1-7H,13H2. The third kappa shape index (κ3) is 1.97. The van der Waals surface area contributed by atoms with Crippen molar-refractivity contribution in [1.29, 1.82) is 0 Å². The first-order chi connectivity index (χ1) is 9.13. The Morgan fingerprint density at radius 3 is 2.89 bits per heavy atom. The van der Waals surface area contributed by atoms with Crippen LogP contribution in [0.1, 0.15) is 0 Å². The SMILES string of the molecule is Nc1ccc2nc(-c3cccc([N+](=O)[O-])c3)nn2c1. The number of nitrogen functional groups attached to an aromatic ring is 1. The van der Waals surface area contributed by atoms with Crippen molar-refractivity contribution in [3.63, 3.8) is 0 Å². The minimum Gasteiger partial charge on any atom is -0.397 e. The van der Waals surface area contributed by atoms with Gasteiger partial charge in [-0.1, -0.05) is 12.1 Å². The second-order valence-corrected chi connectivity index (χ2v) is 4.01. The highest BCUT2D eigenvalue weighted by Gasteiger charge is 2.11. The zero-order valence-corrected chi connectivity index (χ0v) is 9.72. The summed E-state index contributed by atoms with van der Waals surface area (Å²) in [4.78, 5) is 14.6. The number of anilines is 1. The molecular formula is C12H9N5O2. The van der Waals surface area contributed by atoms with Crippen molar-refractivity contribution in [2.75, 3.05) is 5.73 Å². The summed E-state index contributed by atoms with van der Waals surface area (Å²) in [5.41, 5.74) is 7.47. The molecule has 3 rings (SSSR count). The van der Waals surface area contributed by atoms with Crippen molar-refractivity contribution in [1.82, 2.24) is 14.6 Å². The van der Waals surface area contributed by atoms with Crippen LogP contribution >= 0.6 is 0 Å². The fourth-order valence-electron chi connectivity index (χ4n) is 1.78. The molecular weight excluding hydrogens is 246 g/mol. The molecule has 94 valence electrons. The van der Waals surface area contributed by atoms with Gasteiger partial charge in [0.25, 0.3) is 5.69 Å². The van der Waals surface area contributed by atoms with Crippen molar-refractivity contribution >= 4 is 17.0 Å². The maximum Gasteiger partial charge on any atom is 0.270 e. The van der Waals surface area contributed by atoms with Gasteiger partial charge < -0.3 is 5.73 Å². The van der Waals surface area contributed by atoms with Crippen LogP contribution in [-0.4, -0.2) is 19.5 Å². The average molecular weight is 255 g/mol. The first-order valence-electron chi connectivity index (χ1n) is 5.50. The van der Waals surface area contributed by atoms with Crippen LogP contribution in [0.15, 0.2) is 42.6 Å². The number of hydrogen-bond donors (Lipinski definition) is 1. The molecule has 0 saturated heterocycles. The fraction of sp³-hybridized carbons (Fsp3) is 0. The number of non-ortho nitro benzene ring substituents is 1. The van der Waals surface area contributed by atoms with Crippen LogP contribution in [-0.2, 0) is 0 Å². The third-order valence-electron chi connectivity index (χ3n) is 2.67. The number of rotatable bonds is 2. The molecule has 2 N–H and O–H groups in total. The summed E-state index contributed by atoms with van der Waals surface area (Å²) in [5.74, 6) is 0.425. The average Bonchev–Trinajstić information content (AvgIpc) is 2.81. The molecule has 3 aromatic rings. The first kappa shape index (κ1) is 11.1. The highest BCUT2D eigenvalue weighted by molar-refractivity contribution is 5.62. The van der Waals surface area contributed by atoms with Crippen LogP contribution in [0.25, 0.3) is 17.0 Å². The van der Waals surface area contributed by atoms with Crippen LogP contribution in [0.3, 0.4) is 0 Å². The Kier molecular flexibility index (Phi) is 2.38. The number of benzene rings is 1. The second-order valence-electron chi connectivity index (χ2n) is 4.01. The van der Waals surface area contributed by atoms with E-state index in [-0.39, 0.29) is 5.69 Å². The van der Waals surface area contributed by atoms with Crippen LogP contribution in [0, 0.1) is 10.1 Å². The van der Waals surface area contributed by atoms with Crippen molar-refractivity contribution in [3.8, 4) is 11.4 Å².